The van der Waals surface area contributed by atoms with Crippen LogP contribution >= 0.6 is 0 Å². The number of nitrogen functional groups attached to an aromatic ring is 1. The van der Waals surface area contributed by atoms with Gasteiger partial charge >= 0.3 is 0 Å². The van der Waals surface area contributed by atoms with Crippen LogP contribution in [0.3, 0.4) is 0 Å². The van der Waals surface area contributed by atoms with Crippen molar-refractivity contribution in [1.82, 2.24) is 9.88 Å². The van der Waals surface area contributed by atoms with Crippen LogP contribution in [0.1, 0.15) is 37.7 Å². The van der Waals surface area contributed by atoms with Gasteiger partial charge in [0.1, 0.15) is 6.07 Å². The maximum atomic E-state index is 9.07. The van der Waals surface area contributed by atoms with Gasteiger partial charge in [0.15, 0.2) is 5.82 Å². The maximum Gasteiger partial charge on any atom is 0.153 e. The van der Waals surface area contributed by atoms with E-state index in [2.05, 4.69) is 20.9 Å². The molecule has 5 nitrogen and oxygen atoms in total. The summed E-state index contributed by atoms with van der Waals surface area (Å²) in [6.45, 7) is 4.48. The number of hydrogen-bond donors (Lipinski definition) is 1. The van der Waals surface area contributed by atoms with E-state index in [9.17, 15) is 0 Å². The van der Waals surface area contributed by atoms with E-state index in [1.165, 1.54) is 32.4 Å². The van der Waals surface area contributed by atoms with Crippen molar-refractivity contribution in [3.8, 4) is 6.07 Å². The molecule has 2 fully saturated rings. The summed E-state index contributed by atoms with van der Waals surface area (Å²) >= 11 is 0. The van der Waals surface area contributed by atoms with Crippen LogP contribution in [0.2, 0.25) is 0 Å². The van der Waals surface area contributed by atoms with Gasteiger partial charge < -0.3 is 15.5 Å². The van der Waals surface area contributed by atoms with Crippen LogP contribution in [0.25, 0.3) is 0 Å². The Morgan fingerprint density at radius 1 is 1.14 bits per heavy atom. The van der Waals surface area contributed by atoms with Crippen molar-refractivity contribution < 1.29 is 0 Å². The first-order valence-corrected chi connectivity index (χ1v) is 7.93. The van der Waals surface area contributed by atoms with Gasteiger partial charge in [0.25, 0.3) is 0 Å². The molecule has 0 saturated carbocycles. The third kappa shape index (κ3) is 2.96. The van der Waals surface area contributed by atoms with Gasteiger partial charge in [-0.15, -0.1) is 0 Å². The van der Waals surface area contributed by atoms with Gasteiger partial charge in [-0.3, -0.25) is 0 Å². The number of nitrogens with two attached hydrogens (primary N) is 1. The lowest BCUT2D eigenvalue weighted by Gasteiger charge is -2.40. The molecule has 0 atom stereocenters. The molecular formula is C16H23N5. The summed E-state index contributed by atoms with van der Waals surface area (Å²) in [6.07, 6.45) is 8.09. The maximum absolute atomic E-state index is 9.07. The van der Waals surface area contributed by atoms with Crippen LogP contribution in [0, 0.1) is 11.3 Å². The summed E-state index contributed by atoms with van der Waals surface area (Å²) in [7, 11) is 0. The van der Waals surface area contributed by atoms with Crippen molar-refractivity contribution in [1.29, 1.82) is 5.26 Å². The Hall–Kier alpha value is -1.80. The van der Waals surface area contributed by atoms with E-state index in [4.69, 9.17) is 11.0 Å². The molecule has 2 N–H and O–H groups in total. The summed E-state index contributed by atoms with van der Waals surface area (Å²) < 4.78 is 0. The number of hydrogen-bond acceptors (Lipinski definition) is 5. The van der Waals surface area contributed by atoms with Crippen LogP contribution in [0.4, 0.5) is 11.5 Å². The molecule has 1 aromatic heterocycles. The molecule has 21 heavy (non-hydrogen) atoms. The topological polar surface area (TPSA) is 69.2 Å². The summed E-state index contributed by atoms with van der Waals surface area (Å²) in [6, 6.07) is 4.53. The fourth-order valence-corrected chi connectivity index (χ4v) is 3.54. The minimum absolute atomic E-state index is 0.524. The second kappa shape index (κ2) is 6.31. The second-order valence-corrected chi connectivity index (χ2v) is 6.02. The molecule has 3 heterocycles. The van der Waals surface area contributed by atoms with Crippen molar-refractivity contribution >= 4 is 11.5 Å². The number of nitrogens with zero attached hydrogens (tertiary/aromatic N) is 4. The Bertz CT molecular complexity index is 522. The monoisotopic (exact) mass is 285 g/mol. The summed E-state index contributed by atoms with van der Waals surface area (Å²) in [5, 5.41) is 9.07. The molecule has 2 aliphatic rings. The quantitative estimate of drug-likeness (QED) is 0.900. The van der Waals surface area contributed by atoms with Gasteiger partial charge in [-0.05, 0) is 44.8 Å². The highest BCUT2D eigenvalue weighted by Crippen LogP contribution is 2.28. The summed E-state index contributed by atoms with van der Waals surface area (Å²) in [4.78, 5) is 9.27. The van der Waals surface area contributed by atoms with E-state index in [0.29, 0.717) is 17.3 Å². The molecule has 0 radical (unpaired) electrons. The fourth-order valence-electron chi connectivity index (χ4n) is 3.54. The average molecular weight is 285 g/mol. The van der Waals surface area contributed by atoms with Crippen LogP contribution in [-0.2, 0) is 0 Å². The van der Waals surface area contributed by atoms with E-state index in [-0.39, 0.29) is 0 Å². The van der Waals surface area contributed by atoms with Gasteiger partial charge in [-0.25, -0.2) is 4.98 Å². The predicted molar refractivity (Wildman–Crippen MR) is 84.0 cm³/mol. The lowest BCUT2D eigenvalue weighted by Crippen LogP contribution is -2.47. The van der Waals surface area contributed by atoms with Gasteiger partial charge in [0, 0.05) is 25.3 Å². The molecule has 0 bridgehead atoms. The molecule has 1 aromatic rings. The molecule has 112 valence electrons. The van der Waals surface area contributed by atoms with E-state index < -0.39 is 0 Å². The fraction of sp³-hybridized carbons (Fsp3) is 0.625. The summed E-state index contributed by atoms with van der Waals surface area (Å²) in [5.74, 6) is 0.783. The molecule has 3 rings (SSSR count). The van der Waals surface area contributed by atoms with E-state index >= 15 is 0 Å². The van der Waals surface area contributed by atoms with Crippen LogP contribution in [0.15, 0.2) is 12.3 Å². The Kier molecular flexibility index (Phi) is 4.26. The van der Waals surface area contributed by atoms with E-state index in [1.807, 2.05) is 0 Å². The standard InChI is InChI=1S/C16H23N5/c17-12-13-4-7-19-16(15(13)18)21-10-5-14(6-11-21)20-8-2-1-3-9-20/h4,7,14H,1-3,5-6,8-11,18H2. The molecule has 2 aliphatic heterocycles. The molecule has 2 saturated heterocycles. The average Bonchev–Trinajstić information content (AvgIpc) is 2.56. The largest absolute Gasteiger partial charge is 0.395 e. The van der Waals surface area contributed by atoms with Crippen molar-refractivity contribution in [2.24, 2.45) is 0 Å². The van der Waals surface area contributed by atoms with Crippen LogP contribution in [0.5, 0.6) is 0 Å². The van der Waals surface area contributed by atoms with Crippen molar-refractivity contribution in [2.75, 3.05) is 36.8 Å². The first kappa shape index (κ1) is 14.2. The number of aromatic nitrogens is 1. The van der Waals surface area contributed by atoms with Crippen LogP contribution in [-0.4, -0.2) is 42.1 Å². The molecule has 5 heteroatoms. The van der Waals surface area contributed by atoms with Gasteiger partial charge in [-0.1, -0.05) is 6.42 Å². The number of piperidine rings is 2. The normalized spacial score (nSPS) is 21.2. The molecule has 0 aromatic carbocycles. The van der Waals surface area contributed by atoms with Crippen molar-refractivity contribution in [2.45, 2.75) is 38.1 Å². The molecule has 0 unspecified atom stereocenters. The van der Waals surface area contributed by atoms with Crippen molar-refractivity contribution in [3.05, 3.63) is 17.8 Å². The minimum Gasteiger partial charge on any atom is -0.395 e. The van der Waals surface area contributed by atoms with Crippen LogP contribution < -0.4 is 10.6 Å². The number of nitriles is 1. The number of pyridine rings is 1. The molecule has 0 amide bonds. The molecule has 0 spiro atoms. The number of likely N-dealkylation sites (tertiary alicyclic amines) is 1. The highest BCUT2D eigenvalue weighted by Gasteiger charge is 2.27. The number of anilines is 2. The Balaban J connectivity index is 1.64. The first-order valence-electron chi connectivity index (χ1n) is 7.93. The SMILES string of the molecule is N#Cc1ccnc(N2CCC(N3CCCCC3)CC2)c1N. The molecule has 0 aliphatic carbocycles. The Morgan fingerprint density at radius 3 is 2.52 bits per heavy atom. The second-order valence-electron chi connectivity index (χ2n) is 6.02. The minimum atomic E-state index is 0.524. The highest BCUT2D eigenvalue weighted by molar-refractivity contribution is 5.70. The Labute approximate surface area is 126 Å². The molecular weight excluding hydrogens is 262 g/mol. The van der Waals surface area contributed by atoms with E-state index in [1.54, 1.807) is 12.3 Å². The van der Waals surface area contributed by atoms with Gasteiger partial charge in [0.2, 0.25) is 0 Å². The first-order chi connectivity index (χ1) is 10.3. The summed E-state index contributed by atoms with van der Waals surface area (Å²) in [5.41, 5.74) is 7.12. The zero-order valence-corrected chi connectivity index (χ0v) is 12.5. The lowest BCUT2D eigenvalue weighted by molar-refractivity contribution is 0.141. The highest BCUT2D eigenvalue weighted by atomic mass is 15.2. The predicted octanol–water partition coefficient (Wildman–Crippen LogP) is 1.99. The number of rotatable bonds is 2. The smallest absolute Gasteiger partial charge is 0.153 e. The van der Waals surface area contributed by atoms with Gasteiger partial charge in [-0.2, -0.15) is 5.26 Å². The van der Waals surface area contributed by atoms with Gasteiger partial charge in [0.05, 0.1) is 11.3 Å². The van der Waals surface area contributed by atoms with Crippen molar-refractivity contribution in [3.63, 3.8) is 0 Å². The third-order valence-corrected chi connectivity index (χ3v) is 4.76. The Morgan fingerprint density at radius 2 is 1.86 bits per heavy atom. The zero-order chi connectivity index (χ0) is 14.7. The zero-order valence-electron chi connectivity index (χ0n) is 12.5. The van der Waals surface area contributed by atoms with E-state index in [0.717, 1.165) is 31.7 Å². The lowest BCUT2D eigenvalue weighted by atomic mass is 9.99. The third-order valence-electron chi connectivity index (χ3n) is 4.76.